The van der Waals surface area contributed by atoms with Gasteiger partial charge in [-0.3, -0.25) is 0 Å². The molecule has 0 bridgehead atoms. The number of fused-ring (bicyclic) bond motifs is 1. The summed E-state index contributed by atoms with van der Waals surface area (Å²) in [5.41, 5.74) is 9.13. The molecule has 1 unspecified atom stereocenters. The zero-order valence-electron chi connectivity index (χ0n) is 13.0. The van der Waals surface area contributed by atoms with Crippen LogP contribution in [-0.4, -0.2) is 9.97 Å². The second-order valence-electron chi connectivity index (χ2n) is 6.21. The van der Waals surface area contributed by atoms with Crippen molar-refractivity contribution in [2.24, 2.45) is 0 Å². The third-order valence-electron chi connectivity index (χ3n) is 4.52. The summed E-state index contributed by atoms with van der Waals surface area (Å²) >= 11 is 0. The van der Waals surface area contributed by atoms with E-state index in [4.69, 9.17) is 0 Å². The van der Waals surface area contributed by atoms with Crippen LogP contribution in [0.3, 0.4) is 0 Å². The molecule has 0 fully saturated rings. The molecule has 1 atom stereocenters. The van der Waals surface area contributed by atoms with Gasteiger partial charge in [0, 0.05) is 28.7 Å². The van der Waals surface area contributed by atoms with Crippen molar-refractivity contribution >= 4 is 11.6 Å². The number of aromatic amines is 2. The summed E-state index contributed by atoms with van der Waals surface area (Å²) in [5.74, 6) is 0.412. The van der Waals surface area contributed by atoms with E-state index in [-0.39, 0.29) is 0 Å². The summed E-state index contributed by atoms with van der Waals surface area (Å²) < 4.78 is 0. The fourth-order valence-electron chi connectivity index (χ4n) is 3.46. The van der Waals surface area contributed by atoms with Gasteiger partial charge in [0.25, 0.3) is 0 Å². The lowest BCUT2D eigenvalue weighted by atomic mass is 9.95. The molecule has 2 heteroatoms. The third kappa shape index (κ3) is 2.21. The van der Waals surface area contributed by atoms with Gasteiger partial charge in [-0.1, -0.05) is 24.3 Å². The van der Waals surface area contributed by atoms with Crippen molar-refractivity contribution in [1.29, 1.82) is 0 Å². The van der Waals surface area contributed by atoms with Gasteiger partial charge in [0.2, 0.25) is 0 Å². The van der Waals surface area contributed by atoms with Crippen LogP contribution in [0.15, 0.2) is 48.5 Å². The summed E-state index contributed by atoms with van der Waals surface area (Å²) in [4.78, 5) is 6.95. The number of benzene rings is 1. The molecule has 1 aromatic carbocycles. The van der Waals surface area contributed by atoms with Crippen molar-refractivity contribution in [1.82, 2.24) is 9.97 Å². The highest BCUT2D eigenvalue weighted by Crippen LogP contribution is 2.43. The van der Waals surface area contributed by atoms with Crippen LogP contribution in [-0.2, 0) is 6.42 Å². The minimum absolute atomic E-state index is 0.412. The van der Waals surface area contributed by atoms with E-state index in [1.807, 2.05) is 0 Å². The van der Waals surface area contributed by atoms with Crippen molar-refractivity contribution in [3.05, 3.63) is 82.4 Å². The van der Waals surface area contributed by atoms with E-state index < -0.39 is 0 Å². The summed E-state index contributed by atoms with van der Waals surface area (Å²) in [5, 5.41) is 0. The summed E-state index contributed by atoms with van der Waals surface area (Å²) in [6.45, 7) is 4.21. The first-order chi connectivity index (χ1) is 10.7. The van der Waals surface area contributed by atoms with Crippen LogP contribution in [0.1, 0.15) is 39.8 Å². The van der Waals surface area contributed by atoms with Gasteiger partial charge in [-0.2, -0.15) is 0 Å². The Kier molecular flexibility index (Phi) is 3.04. The SMILES string of the molecule is Cc1ccc(/C=C2/c3ccccc3CC2c2ccc(C)[nH]2)[nH]1. The summed E-state index contributed by atoms with van der Waals surface area (Å²) in [7, 11) is 0. The van der Waals surface area contributed by atoms with E-state index >= 15 is 0 Å². The molecule has 110 valence electrons. The number of aromatic nitrogens is 2. The second kappa shape index (κ2) is 5.06. The molecule has 0 saturated carbocycles. The minimum atomic E-state index is 0.412. The molecule has 0 spiro atoms. The Morgan fingerprint density at radius 1 is 0.909 bits per heavy atom. The number of allylic oxidation sites excluding steroid dienone is 1. The van der Waals surface area contributed by atoms with Crippen LogP contribution in [0.2, 0.25) is 0 Å². The Bertz CT molecular complexity index is 848. The maximum Gasteiger partial charge on any atom is 0.0385 e. The lowest BCUT2D eigenvalue weighted by Crippen LogP contribution is -1.98. The lowest BCUT2D eigenvalue weighted by molar-refractivity contribution is 0.862. The van der Waals surface area contributed by atoms with Crippen LogP contribution >= 0.6 is 0 Å². The molecule has 0 amide bonds. The first-order valence-corrected chi connectivity index (χ1v) is 7.82. The topological polar surface area (TPSA) is 31.6 Å². The molecule has 3 aromatic rings. The van der Waals surface area contributed by atoms with Crippen molar-refractivity contribution < 1.29 is 0 Å². The van der Waals surface area contributed by atoms with E-state index in [2.05, 4.69) is 78.4 Å². The molecule has 4 rings (SSSR count). The summed E-state index contributed by atoms with van der Waals surface area (Å²) in [6.07, 6.45) is 3.38. The number of rotatable bonds is 2. The number of nitrogens with one attached hydrogen (secondary N) is 2. The smallest absolute Gasteiger partial charge is 0.0385 e. The molecule has 2 heterocycles. The van der Waals surface area contributed by atoms with Gasteiger partial charge >= 0.3 is 0 Å². The monoisotopic (exact) mass is 288 g/mol. The van der Waals surface area contributed by atoms with E-state index in [0.29, 0.717) is 5.92 Å². The van der Waals surface area contributed by atoms with Crippen molar-refractivity contribution in [3.8, 4) is 0 Å². The third-order valence-corrected chi connectivity index (χ3v) is 4.52. The molecular weight excluding hydrogens is 268 g/mol. The molecule has 2 aromatic heterocycles. The lowest BCUT2D eigenvalue weighted by Gasteiger charge is -2.11. The zero-order valence-corrected chi connectivity index (χ0v) is 13.0. The zero-order chi connectivity index (χ0) is 15.1. The normalized spacial score (nSPS) is 18.8. The van der Waals surface area contributed by atoms with Crippen LogP contribution in [0.4, 0.5) is 0 Å². The van der Waals surface area contributed by atoms with Gasteiger partial charge in [0.05, 0.1) is 0 Å². The van der Waals surface area contributed by atoms with Crippen LogP contribution in [0, 0.1) is 13.8 Å². The molecule has 2 N–H and O–H groups in total. The molecule has 1 aliphatic rings. The number of hydrogen-bond acceptors (Lipinski definition) is 0. The minimum Gasteiger partial charge on any atom is -0.362 e. The highest BCUT2D eigenvalue weighted by atomic mass is 14.7. The highest BCUT2D eigenvalue weighted by Gasteiger charge is 2.28. The van der Waals surface area contributed by atoms with E-state index in [0.717, 1.165) is 6.42 Å². The number of hydrogen-bond donors (Lipinski definition) is 2. The van der Waals surface area contributed by atoms with Crippen molar-refractivity contribution in [2.75, 3.05) is 0 Å². The Hall–Kier alpha value is -2.48. The molecule has 1 aliphatic carbocycles. The predicted octanol–water partition coefficient (Wildman–Crippen LogP) is 4.84. The van der Waals surface area contributed by atoms with Crippen LogP contribution < -0.4 is 0 Å². The Morgan fingerprint density at radius 2 is 1.68 bits per heavy atom. The predicted molar refractivity (Wildman–Crippen MR) is 91.8 cm³/mol. The Balaban J connectivity index is 1.83. The first kappa shape index (κ1) is 13.2. The molecular formula is C20H20N2. The fraction of sp³-hybridized carbons (Fsp3) is 0.200. The maximum absolute atomic E-state index is 3.52. The van der Waals surface area contributed by atoms with Gasteiger partial charge in [0.1, 0.15) is 0 Å². The van der Waals surface area contributed by atoms with Crippen LogP contribution in [0.5, 0.6) is 0 Å². The van der Waals surface area contributed by atoms with Crippen LogP contribution in [0.25, 0.3) is 11.6 Å². The van der Waals surface area contributed by atoms with Crippen molar-refractivity contribution in [2.45, 2.75) is 26.2 Å². The quantitative estimate of drug-likeness (QED) is 0.676. The largest absolute Gasteiger partial charge is 0.362 e. The van der Waals surface area contributed by atoms with Gasteiger partial charge in [-0.25, -0.2) is 0 Å². The maximum atomic E-state index is 3.52. The van der Waals surface area contributed by atoms with Gasteiger partial charge in [-0.05, 0) is 67.3 Å². The fourth-order valence-corrected chi connectivity index (χ4v) is 3.46. The Morgan fingerprint density at radius 3 is 2.41 bits per heavy atom. The Labute approximate surface area is 130 Å². The second-order valence-corrected chi connectivity index (χ2v) is 6.21. The first-order valence-electron chi connectivity index (χ1n) is 7.82. The average Bonchev–Trinajstić information content (AvgIpc) is 3.20. The van der Waals surface area contributed by atoms with Gasteiger partial charge < -0.3 is 9.97 Å². The highest BCUT2D eigenvalue weighted by molar-refractivity contribution is 5.88. The molecule has 0 aliphatic heterocycles. The van der Waals surface area contributed by atoms with Gasteiger partial charge in [0.15, 0.2) is 0 Å². The van der Waals surface area contributed by atoms with Gasteiger partial charge in [-0.15, -0.1) is 0 Å². The number of aryl methyl sites for hydroxylation is 2. The molecule has 22 heavy (non-hydrogen) atoms. The van der Waals surface area contributed by atoms with E-state index in [1.165, 1.54) is 39.5 Å². The molecule has 2 nitrogen and oxygen atoms in total. The molecule has 0 radical (unpaired) electrons. The van der Waals surface area contributed by atoms with E-state index in [9.17, 15) is 0 Å². The molecule has 0 saturated heterocycles. The van der Waals surface area contributed by atoms with Crippen molar-refractivity contribution in [3.63, 3.8) is 0 Å². The summed E-state index contributed by atoms with van der Waals surface area (Å²) in [6, 6.07) is 17.4. The average molecular weight is 288 g/mol. The van der Waals surface area contributed by atoms with E-state index in [1.54, 1.807) is 0 Å². The standard InChI is InChI=1S/C20H20N2/c1-13-7-9-16(21-13)12-18-17-6-4-3-5-15(17)11-19(18)20-10-8-14(2)22-20/h3-10,12,19,21-22H,11H2,1-2H3/b18-12-. The number of H-pyrrole nitrogens is 2.